The van der Waals surface area contributed by atoms with E-state index in [9.17, 15) is 5.11 Å². The summed E-state index contributed by atoms with van der Waals surface area (Å²) in [6.07, 6.45) is 4.42. The maximum atomic E-state index is 9.88. The SMILES string of the molecule is OC1CC2CCC(C1)N2CC(CBr)c1ccccc1. The first-order valence-electron chi connectivity index (χ1n) is 7.32. The van der Waals surface area contributed by atoms with Gasteiger partial charge in [0.1, 0.15) is 0 Å². The predicted molar refractivity (Wildman–Crippen MR) is 81.7 cm³/mol. The highest BCUT2D eigenvalue weighted by Gasteiger charge is 2.40. The number of aliphatic hydroxyl groups excluding tert-OH is 1. The molecule has 0 saturated carbocycles. The summed E-state index contributed by atoms with van der Waals surface area (Å²) in [5.41, 5.74) is 1.42. The van der Waals surface area contributed by atoms with E-state index < -0.39 is 0 Å². The number of hydrogen-bond donors (Lipinski definition) is 1. The Morgan fingerprint density at radius 2 is 1.79 bits per heavy atom. The number of benzene rings is 1. The molecule has 0 spiro atoms. The maximum absolute atomic E-state index is 9.88. The Morgan fingerprint density at radius 3 is 2.37 bits per heavy atom. The van der Waals surface area contributed by atoms with E-state index >= 15 is 0 Å². The van der Waals surface area contributed by atoms with Gasteiger partial charge in [-0.15, -0.1) is 0 Å². The van der Waals surface area contributed by atoms with E-state index in [0.29, 0.717) is 18.0 Å². The Labute approximate surface area is 123 Å². The lowest BCUT2D eigenvalue weighted by atomic mass is 9.95. The van der Waals surface area contributed by atoms with E-state index in [0.717, 1.165) is 24.7 Å². The molecule has 1 aromatic rings. The molecular weight excluding hydrogens is 302 g/mol. The van der Waals surface area contributed by atoms with E-state index in [2.05, 4.69) is 51.2 Å². The zero-order chi connectivity index (χ0) is 13.2. The Morgan fingerprint density at radius 1 is 1.16 bits per heavy atom. The number of piperidine rings is 1. The van der Waals surface area contributed by atoms with Gasteiger partial charge >= 0.3 is 0 Å². The van der Waals surface area contributed by atoms with E-state index in [1.165, 1.54) is 18.4 Å². The van der Waals surface area contributed by atoms with Crippen LogP contribution in [-0.2, 0) is 0 Å². The van der Waals surface area contributed by atoms with Crippen molar-refractivity contribution in [2.45, 2.75) is 49.8 Å². The number of hydrogen-bond acceptors (Lipinski definition) is 2. The quantitative estimate of drug-likeness (QED) is 0.860. The second-order valence-corrected chi connectivity index (χ2v) is 6.62. The van der Waals surface area contributed by atoms with Crippen LogP contribution < -0.4 is 0 Å². The average Bonchev–Trinajstić information content (AvgIpc) is 2.67. The lowest BCUT2D eigenvalue weighted by molar-refractivity contribution is 0.0332. The molecule has 3 heteroatoms. The number of rotatable bonds is 4. The first kappa shape index (κ1) is 13.6. The lowest BCUT2D eigenvalue weighted by Gasteiger charge is -2.39. The van der Waals surface area contributed by atoms with Gasteiger partial charge in [0, 0.05) is 29.9 Å². The lowest BCUT2D eigenvalue weighted by Crippen LogP contribution is -2.46. The van der Waals surface area contributed by atoms with Crippen molar-refractivity contribution in [3.05, 3.63) is 35.9 Å². The first-order valence-corrected chi connectivity index (χ1v) is 8.44. The average molecular weight is 324 g/mol. The Balaban J connectivity index is 1.70. The van der Waals surface area contributed by atoms with Gasteiger partial charge in [-0.2, -0.15) is 0 Å². The molecule has 2 saturated heterocycles. The van der Waals surface area contributed by atoms with E-state index in [4.69, 9.17) is 0 Å². The van der Waals surface area contributed by atoms with Crippen molar-refractivity contribution in [2.75, 3.05) is 11.9 Å². The number of nitrogens with zero attached hydrogens (tertiary/aromatic N) is 1. The molecule has 3 rings (SSSR count). The van der Waals surface area contributed by atoms with Gasteiger partial charge in [-0.3, -0.25) is 4.90 Å². The molecule has 0 aliphatic carbocycles. The normalized spacial score (nSPS) is 32.4. The molecule has 19 heavy (non-hydrogen) atoms. The van der Waals surface area contributed by atoms with Gasteiger partial charge in [-0.05, 0) is 31.2 Å². The molecular formula is C16H22BrNO. The van der Waals surface area contributed by atoms with Crippen LogP contribution in [-0.4, -0.2) is 40.1 Å². The highest BCUT2D eigenvalue weighted by Crippen LogP contribution is 2.37. The first-order chi connectivity index (χ1) is 9.28. The minimum absolute atomic E-state index is 0.0621. The van der Waals surface area contributed by atoms with Gasteiger partial charge < -0.3 is 5.11 Å². The fourth-order valence-corrected chi connectivity index (χ4v) is 4.35. The van der Waals surface area contributed by atoms with Gasteiger partial charge in [-0.25, -0.2) is 0 Å². The largest absolute Gasteiger partial charge is 0.393 e. The van der Waals surface area contributed by atoms with Crippen molar-refractivity contribution < 1.29 is 5.11 Å². The van der Waals surface area contributed by atoms with Crippen LogP contribution in [0.3, 0.4) is 0 Å². The van der Waals surface area contributed by atoms with Crippen LogP contribution in [0.5, 0.6) is 0 Å². The van der Waals surface area contributed by atoms with Crippen LogP contribution in [0.1, 0.15) is 37.2 Å². The van der Waals surface area contributed by atoms with Crippen molar-refractivity contribution in [2.24, 2.45) is 0 Å². The van der Waals surface area contributed by atoms with Crippen LogP contribution >= 0.6 is 15.9 Å². The molecule has 3 atom stereocenters. The number of fused-ring (bicyclic) bond motifs is 2. The fourth-order valence-electron chi connectivity index (χ4n) is 3.77. The van der Waals surface area contributed by atoms with Crippen LogP contribution in [0.25, 0.3) is 0 Å². The smallest absolute Gasteiger partial charge is 0.0570 e. The summed E-state index contributed by atoms with van der Waals surface area (Å²) in [4.78, 5) is 2.66. The Kier molecular flexibility index (Phi) is 4.25. The molecule has 0 amide bonds. The highest BCUT2D eigenvalue weighted by atomic mass is 79.9. The summed E-state index contributed by atoms with van der Waals surface area (Å²) in [5, 5.41) is 10.9. The predicted octanol–water partition coefficient (Wildman–Crippen LogP) is 3.15. The zero-order valence-electron chi connectivity index (χ0n) is 11.2. The summed E-state index contributed by atoms with van der Waals surface area (Å²) in [5.74, 6) is 0.555. The third kappa shape index (κ3) is 2.88. The van der Waals surface area contributed by atoms with E-state index in [-0.39, 0.29) is 6.10 Å². The summed E-state index contributed by atoms with van der Waals surface area (Å²) >= 11 is 3.68. The standard InChI is InChI=1S/C16H22BrNO/c17-10-13(12-4-2-1-3-5-12)11-18-14-6-7-15(18)9-16(19)8-14/h1-5,13-16,19H,6-11H2. The van der Waals surface area contributed by atoms with Crippen LogP contribution in [0.15, 0.2) is 30.3 Å². The topological polar surface area (TPSA) is 23.5 Å². The molecule has 2 bridgehead atoms. The van der Waals surface area contributed by atoms with Gasteiger partial charge in [-0.1, -0.05) is 46.3 Å². The minimum atomic E-state index is -0.0621. The van der Waals surface area contributed by atoms with Crippen LogP contribution in [0.2, 0.25) is 0 Å². The zero-order valence-corrected chi connectivity index (χ0v) is 12.8. The monoisotopic (exact) mass is 323 g/mol. The minimum Gasteiger partial charge on any atom is -0.393 e. The van der Waals surface area contributed by atoms with E-state index in [1.807, 2.05) is 0 Å². The number of alkyl halides is 1. The molecule has 2 heterocycles. The van der Waals surface area contributed by atoms with Gasteiger partial charge in [0.25, 0.3) is 0 Å². The molecule has 2 aliphatic rings. The molecule has 2 fully saturated rings. The van der Waals surface area contributed by atoms with Crippen molar-refractivity contribution in [1.29, 1.82) is 0 Å². The molecule has 1 N–H and O–H groups in total. The van der Waals surface area contributed by atoms with Crippen LogP contribution in [0, 0.1) is 0 Å². The molecule has 0 aromatic heterocycles. The van der Waals surface area contributed by atoms with Gasteiger partial charge in [0.2, 0.25) is 0 Å². The third-order valence-electron chi connectivity index (χ3n) is 4.75. The van der Waals surface area contributed by atoms with E-state index in [1.54, 1.807) is 0 Å². The summed E-state index contributed by atoms with van der Waals surface area (Å²) in [6, 6.07) is 12.0. The Hall–Kier alpha value is -0.380. The molecule has 2 aliphatic heterocycles. The fraction of sp³-hybridized carbons (Fsp3) is 0.625. The Bertz CT molecular complexity index is 396. The van der Waals surface area contributed by atoms with Gasteiger partial charge in [0.05, 0.1) is 6.10 Å². The number of aliphatic hydroxyl groups is 1. The molecule has 0 radical (unpaired) electrons. The van der Waals surface area contributed by atoms with Crippen molar-refractivity contribution in [1.82, 2.24) is 4.90 Å². The molecule has 3 unspecified atom stereocenters. The molecule has 104 valence electrons. The third-order valence-corrected chi connectivity index (χ3v) is 5.53. The summed E-state index contributed by atoms with van der Waals surface area (Å²) in [6.45, 7) is 1.12. The number of halogens is 1. The molecule has 2 nitrogen and oxygen atoms in total. The second kappa shape index (κ2) is 5.94. The molecule has 1 aromatic carbocycles. The second-order valence-electron chi connectivity index (χ2n) is 5.97. The van der Waals surface area contributed by atoms with Crippen molar-refractivity contribution in [3.63, 3.8) is 0 Å². The van der Waals surface area contributed by atoms with Crippen LogP contribution in [0.4, 0.5) is 0 Å². The maximum Gasteiger partial charge on any atom is 0.0570 e. The van der Waals surface area contributed by atoms with Crippen molar-refractivity contribution in [3.8, 4) is 0 Å². The summed E-state index contributed by atoms with van der Waals surface area (Å²) < 4.78 is 0. The van der Waals surface area contributed by atoms with Crippen molar-refractivity contribution >= 4 is 15.9 Å². The summed E-state index contributed by atoms with van der Waals surface area (Å²) in [7, 11) is 0. The van der Waals surface area contributed by atoms with Gasteiger partial charge in [0.15, 0.2) is 0 Å². The highest BCUT2D eigenvalue weighted by molar-refractivity contribution is 9.09.